The third-order valence-electron chi connectivity index (χ3n) is 2.59. The van der Waals surface area contributed by atoms with Gasteiger partial charge in [-0.15, -0.1) is 0 Å². The summed E-state index contributed by atoms with van der Waals surface area (Å²) >= 11 is 0. The zero-order chi connectivity index (χ0) is 16.1. The molecule has 1 heterocycles. The Kier molecular flexibility index (Phi) is 4.33. The van der Waals surface area contributed by atoms with Crippen LogP contribution in [0.3, 0.4) is 0 Å². The molecule has 1 aromatic carbocycles. The van der Waals surface area contributed by atoms with E-state index in [-0.39, 0.29) is 11.3 Å². The van der Waals surface area contributed by atoms with Crippen molar-refractivity contribution < 1.29 is 24.0 Å². The van der Waals surface area contributed by atoms with Crippen molar-refractivity contribution in [2.45, 2.75) is 0 Å². The van der Waals surface area contributed by atoms with Crippen molar-refractivity contribution in [3.8, 4) is 0 Å². The fourth-order valence-electron chi connectivity index (χ4n) is 1.60. The molecular formula is C14H10N2O6. The number of hydrogen-bond donors (Lipinski definition) is 2. The van der Waals surface area contributed by atoms with Gasteiger partial charge in [-0.25, -0.2) is 4.79 Å². The van der Waals surface area contributed by atoms with Gasteiger partial charge in [0.2, 0.25) is 0 Å². The molecule has 2 N–H and O–H groups in total. The average molecular weight is 302 g/mol. The van der Waals surface area contributed by atoms with Crippen LogP contribution in [-0.2, 0) is 4.79 Å². The number of nitro groups is 1. The number of benzene rings is 1. The van der Waals surface area contributed by atoms with Gasteiger partial charge in [0, 0.05) is 11.6 Å². The number of aliphatic carboxylic acids is 1. The molecule has 0 bridgehead atoms. The third kappa shape index (κ3) is 3.57. The predicted octanol–water partition coefficient (Wildman–Crippen LogP) is 2.04. The van der Waals surface area contributed by atoms with Crippen LogP contribution in [0.15, 0.2) is 52.6 Å². The maximum absolute atomic E-state index is 11.9. The normalized spacial score (nSPS) is 11.0. The molecule has 0 unspecified atom stereocenters. The highest BCUT2D eigenvalue weighted by molar-refractivity contribution is 6.02. The standard InChI is InChI=1S/C14H10N2O6/c17-13(9-4-2-1-3-5-9)15-11(14(18)19)8-10-6-7-12(22-10)16(20)21/h1-8H,(H,15,17)(H,18,19)/b11-8-. The molecule has 1 amide bonds. The summed E-state index contributed by atoms with van der Waals surface area (Å²) in [5, 5.41) is 21.8. The Morgan fingerprint density at radius 3 is 2.41 bits per heavy atom. The van der Waals surface area contributed by atoms with Gasteiger partial charge in [-0.1, -0.05) is 18.2 Å². The molecule has 0 saturated carbocycles. The van der Waals surface area contributed by atoms with Crippen molar-refractivity contribution >= 4 is 23.8 Å². The molecule has 0 aliphatic carbocycles. The number of nitrogens with zero attached hydrogens (tertiary/aromatic N) is 1. The highest BCUT2D eigenvalue weighted by Gasteiger charge is 2.16. The second-order valence-corrected chi connectivity index (χ2v) is 4.12. The van der Waals surface area contributed by atoms with Gasteiger partial charge < -0.3 is 14.8 Å². The molecule has 8 nitrogen and oxygen atoms in total. The Labute approximate surface area is 123 Å². The van der Waals surface area contributed by atoms with Crippen molar-refractivity contribution in [3.63, 3.8) is 0 Å². The van der Waals surface area contributed by atoms with Gasteiger partial charge in [-0.2, -0.15) is 0 Å². The summed E-state index contributed by atoms with van der Waals surface area (Å²) in [5.74, 6) is -2.60. The molecular weight excluding hydrogens is 292 g/mol. The number of hydrogen-bond acceptors (Lipinski definition) is 5. The Morgan fingerprint density at radius 2 is 1.86 bits per heavy atom. The summed E-state index contributed by atoms with van der Waals surface area (Å²) in [4.78, 5) is 32.8. The van der Waals surface area contributed by atoms with E-state index >= 15 is 0 Å². The van der Waals surface area contributed by atoms with Crippen molar-refractivity contribution in [2.75, 3.05) is 0 Å². The Morgan fingerprint density at radius 1 is 1.18 bits per heavy atom. The second kappa shape index (κ2) is 6.35. The number of carbonyl (C=O) groups is 2. The Hall–Kier alpha value is -3.42. The van der Waals surface area contributed by atoms with Crippen LogP contribution in [0.5, 0.6) is 0 Å². The summed E-state index contributed by atoms with van der Waals surface area (Å²) in [7, 11) is 0. The maximum Gasteiger partial charge on any atom is 0.433 e. The number of carboxylic acids is 1. The van der Waals surface area contributed by atoms with E-state index in [0.29, 0.717) is 0 Å². The minimum atomic E-state index is -1.40. The number of nitrogens with one attached hydrogen (secondary N) is 1. The lowest BCUT2D eigenvalue weighted by Gasteiger charge is -2.05. The van der Waals surface area contributed by atoms with Crippen LogP contribution in [0.4, 0.5) is 5.88 Å². The van der Waals surface area contributed by atoms with E-state index < -0.39 is 28.4 Å². The van der Waals surface area contributed by atoms with Crippen LogP contribution in [0.2, 0.25) is 0 Å². The first-order valence-corrected chi connectivity index (χ1v) is 6.03. The molecule has 22 heavy (non-hydrogen) atoms. The minimum Gasteiger partial charge on any atom is -0.477 e. The zero-order valence-corrected chi connectivity index (χ0v) is 11.1. The lowest BCUT2D eigenvalue weighted by atomic mass is 10.2. The van der Waals surface area contributed by atoms with E-state index in [1.54, 1.807) is 18.2 Å². The number of carbonyl (C=O) groups excluding carboxylic acids is 1. The first kappa shape index (κ1) is 15.0. The van der Waals surface area contributed by atoms with Crippen molar-refractivity contribution in [2.24, 2.45) is 0 Å². The van der Waals surface area contributed by atoms with Gasteiger partial charge in [0.1, 0.15) is 16.4 Å². The highest BCUT2D eigenvalue weighted by atomic mass is 16.6. The molecule has 112 valence electrons. The summed E-state index contributed by atoms with van der Waals surface area (Å²) in [6.07, 6.45) is 0.996. The van der Waals surface area contributed by atoms with E-state index in [0.717, 1.165) is 12.1 Å². The number of rotatable bonds is 5. The third-order valence-corrected chi connectivity index (χ3v) is 2.59. The van der Waals surface area contributed by atoms with Gasteiger partial charge in [-0.3, -0.25) is 14.9 Å². The van der Waals surface area contributed by atoms with Crippen LogP contribution >= 0.6 is 0 Å². The molecule has 0 spiro atoms. The van der Waals surface area contributed by atoms with E-state index in [1.165, 1.54) is 18.2 Å². The van der Waals surface area contributed by atoms with Crippen molar-refractivity contribution in [1.82, 2.24) is 5.32 Å². The monoisotopic (exact) mass is 302 g/mol. The van der Waals surface area contributed by atoms with Crippen LogP contribution in [0.1, 0.15) is 16.1 Å². The molecule has 0 saturated heterocycles. The van der Waals surface area contributed by atoms with E-state index in [4.69, 9.17) is 9.52 Å². The van der Waals surface area contributed by atoms with Crippen molar-refractivity contribution in [3.05, 3.63) is 69.6 Å². The summed E-state index contributed by atoms with van der Waals surface area (Å²) in [5.41, 5.74) is -0.182. The van der Waals surface area contributed by atoms with Gasteiger partial charge in [0.15, 0.2) is 0 Å². The lowest BCUT2D eigenvalue weighted by molar-refractivity contribution is -0.402. The quantitative estimate of drug-likeness (QED) is 0.495. The molecule has 2 rings (SSSR count). The molecule has 2 aromatic rings. The number of amides is 1. The van der Waals surface area contributed by atoms with E-state index in [9.17, 15) is 19.7 Å². The summed E-state index contributed by atoms with van der Waals surface area (Å²) < 4.78 is 4.82. The van der Waals surface area contributed by atoms with Gasteiger partial charge >= 0.3 is 11.9 Å². The number of carboxylic acid groups (broad SMARTS) is 1. The van der Waals surface area contributed by atoms with Gasteiger partial charge in [0.05, 0.1) is 6.07 Å². The van der Waals surface area contributed by atoms with Crippen LogP contribution < -0.4 is 5.32 Å². The lowest BCUT2D eigenvalue weighted by Crippen LogP contribution is -2.27. The molecule has 0 aliphatic heterocycles. The highest BCUT2D eigenvalue weighted by Crippen LogP contribution is 2.17. The average Bonchev–Trinajstić information content (AvgIpc) is 2.96. The largest absolute Gasteiger partial charge is 0.477 e. The predicted molar refractivity (Wildman–Crippen MR) is 74.9 cm³/mol. The van der Waals surface area contributed by atoms with Crippen LogP contribution in [0, 0.1) is 10.1 Å². The van der Waals surface area contributed by atoms with E-state index in [1.807, 2.05) is 0 Å². The maximum atomic E-state index is 11.9. The fourth-order valence-corrected chi connectivity index (χ4v) is 1.60. The first-order valence-electron chi connectivity index (χ1n) is 6.03. The SMILES string of the molecule is O=C(O)/C(=C/c1ccc([N+](=O)[O-])o1)NC(=O)c1ccccc1. The zero-order valence-electron chi connectivity index (χ0n) is 11.1. The molecule has 1 aromatic heterocycles. The second-order valence-electron chi connectivity index (χ2n) is 4.12. The van der Waals surface area contributed by atoms with E-state index in [2.05, 4.69) is 5.32 Å². The van der Waals surface area contributed by atoms with Gasteiger partial charge in [0.25, 0.3) is 5.91 Å². The molecule has 0 atom stereocenters. The van der Waals surface area contributed by atoms with Crippen LogP contribution in [-0.4, -0.2) is 21.9 Å². The Bertz CT molecular complexity index is 748. The summed E-state index contributed by atoms with van der Waals surface area (Å²) in [6.45, 7) is 0. The fraction of sp³-hybridized carbons (Fsp3) is 0. The molecule has 8 heteroatoms. The topological polar surface area (TPSA) is 123 Å². The molecule has 0 radical (unpaired) electrons. The smallest absolute Gasteiger partial charge is 0.433 e. The Balaban J connectivity index is 2.22. The summed E-state index contributed by atoms with van der Waals surface area (Å²) in [6, 6.07) is 10.3. The molecule has 0 fully saturated rings. The van der Waals surface area contributed by atoms with Gasteiger partial charge in [-0.05, 0) is 18.2 Å². The van der Waals surface area contributed by atoms with Crippen molar-refractivity contribution in [1.29, 1.82) is 0 Å². The first-order chi connectivity index (χ1) is 10.5. The molecule has 0 aliphatic rings. The number of furan rings is 1. The minimum absolute atomic E-state index is 0.0579. The van der Waals surface area contributed by atoms with Crippen LogP contribution in [0.25, 0.3) is 6.08 Å².